The van der Waals surface area contributed by atoms with Gasteiger partial charge in [0.25, 0.3) is 0 Å². The molecule has 6 heteroatoms. The van der Waals surface area contributed by atoms with Crippen LogP contribution in [0.25, 0.3) is 0 Å². The molecule has 0 saturated heterocycles. The summed E-state index contributed by atoms with van der Waals surface area (Å²) < 4.78 is 0. The Morgan fingerprint density at radius 2 is 1.92 bits per heavy atom. The highest BCUT2D eigenvalue weighted by Crippen LogP contribution is 2.24. The summed E-state index contributed by atoms with van der Waals surface area (Å²) in [5.74, 6) is -2.59. The molecule has 0 aromatic carbocycles. The van der Waals surface area contributed by atoms with Crippen molar-refractivity contribution in [1.29, 1.82) is 0 Å². The third kappa shape index (κ3) is 1.24. The number of carboxylic acid groups (broad SMARTS) is 2. The molecule has 5 nitrogen and oxygen atoms in total. The molecule has 1 heterocycles. The first kappa shape index (κ1) is 8.54. The summed E-state index contributed by atoms with van der Waals surface area (Å²) in [7, 11) is 0. The molecular weight excluding hydrogens is 182 g/mol. The summed E-state index contributed by atoms with van der Waals surface area (Å²) in [6, 6.07) is 0. The number of carboxylic acids is 2. The van der Waals surface area contributed by atoms with Crippen molar-refractivity contribution in [2.75, 3.05) is 5.73 Å². The van der Waals surface area contributed by atoms with Gasteiger partial charge < -0.3 is 15.9 Å². The first-order valence-electron chi connectivity index (χ1n) is 2.87. The van der Waals surface area contributed by atoms with Crippen LogP contribution in [0.5, 0.6) is 0 Å². The number of anilines is 1. The van der Waals surface area contributed by atoms with Crippen LogP contribution in [0.2, 0.25) is 0 Å². The zero-order valence-corrected chi connectivity index (χ0v) is 6.59. The van der Waals surface area contributed by atoms with Gasteiger partial charge in [-0.05, 0) is 0 Å². The fourth-order valence-corrected chi connectivity index (χ4v) is 1.53. The van der Waals surface area contributed by atoms with E-state index < -0.39 is 11.9 Å². The molecule has 4 N–H and O–H groups in total. The second kappa shape index (κ2) is 2.82. The van der Waals surface area contributed by atoms with E-state index >= 15 is 0 Å². The summed E-state index contributed by atoms with van der Waals surface area (Å²) in [5.41, 5.74) is 4.67. The van der Waals surface area contributed by atoms with Crippen molar-refractivity contribution in [2.45, 2.75) is 0 Å². The van der Waals surface area contributed by atoms with E-state index in [2.05, 4.69) is 0 Å². The van der Waals surface area contributed by atoms with Gasteiger partial charge in [-0.15, -0.1) is 11.3 Å². The van der Waals surface area contributed by atoms with Crippen LogP contribution in [0.4, 0.5) is 5.00 Å². The maximum atomic E-state index is 10.5. The Morgan fingerprint density at radius 3 is 2.25 bits per heavy atom. The van der Waals surface area contributed by atoms with Crippen molar-refractivity contribution in [3.63, 3.8) is 0 Å². The van der Waals surface area contributed by atoms with Crippen molar-refractivity contribution in [3.05, 3.63) is 16.5 Å². The molecule has 0 aliphatic heterocycles. The summed E-state index contributed by atoms with van der Waals surface area (Å²) in [4.78, 5) is 20.9. The first-order chi connectivity index (χ1) is 5.54. The fraction of sp³-hybridized carbons (Fsp3) is 0. The van der Waals surface area contributed by atoms with E-state index in [4.69, 9.17) is 15.9 Å². The number of carbonyl (C=O) groups is 2. The second-order valence-corrected chi connectivity index (χ2v) is 2.91. The van der Waals surface area contributed by atoms with Crippen molar-refractivity contribution < 1.29 is 19.8 Å². The van der Waals surface area contributed by atoms with Gasteiger partial charge in [0, 0.05) is 5.38 Å². The maximum absolute atomic E-state index is 10.5. The van der Waals surface area contributed by atoms with E-state index in [1.165, 1.54) is 5.38 Å². The molecule has 0 aliphatic rings. The van der Waals surface area contributed by atoms with Crippen LogP contribution in [0.1, 0.15) is 20.7 Å². The molecular formula is C6H5NO4S. The van der Waals surface area contributed by atoms with Crippen LogP contribution in [-0.4, -0.2) is 22.2 Å². The fourth-order valence-electron chi connectivity index (χ4n) is 0.751. The average molecular weight is 187 g/mol. The highest BCUT2D eigenvalue weighted by Gasteiger charge is 2.20. The highest BCUT2D eigenvalue weighted by molar-refractivity contribution is 7.14. The number of hydrogen-bond donors (Lipinski definition) is 3. The van der Waals surface area contributed by atoms with E-state index in [-0.39, 0.29) is 16.1 Å². The summed E-state index contributed by atoms with van der Waals surface area (Å²) in [6.07, 6.45) is 0. The molecule has 0 fully saturated rings. The van der Waals surface area contributed by atoms with Crippen molar-refractivity contribution in [1.82, 2.24) is 0 Å². The number of nitrogens with two attached hydrogens (primary N) is 1. The molecule has 0 bridgehead atoms. The minimum absolute atomic E-state index is 0.0138. The standard InChI is InChI=1S/C6H5NO4S/c7-4-3(6(10)11)2(1-12-4)5(8)9/h1H,7H2,(H,8,9)(H,10,11). The monoisotopic (exact) mass is 187 g/mol. The minimum atomic E-state index is -1.31. The molecule has 1 aromatic rings. The molecule has 0 saturated carbocycles. The Hall–Kier alpha value is -1.56. The van der Waals surface area contributed by atoms with Gasteiger partial charge in [-0.1, -0.05) is 0 Å². The van der Waals surface area contributed by atoms with Gasteiger partial charge in [-0.3, -0.25) is 0 Å². The quantitative estimate of drug-likeness (QED) is 0.633. The smallest absolute Gasteiger partial charge is 0.339 e. The summed E-state index contributed by atoms with van der Waals surface area (Å²) >= 11 is 0.904. The lowest BCUT2D eigenvalue weighted by molar-refractivity contribution is 0.0653. The molecule has 0 radical (unpaired) electrons. The summed E-state index contributed by atoms with van der Waals surface area (Å²) in [5, 5.41) is 18.3. The Kier molecular flexibility index (Phi) is 2.01. The van der Waals surface area contributed by atoms with Gasteiger partial charge in [0.15, 0.2) is 0 Å². The lowest BCUT2D eigenvalue weighted by Crippen LogP contribution is -2.06. The highest BCUT2D eigenvalue weighted by atomic mass is 32.1. The lowest BCUT2D eigenvalue weighted by Gasteiger charge is -1.93. The van der Waals surface area contributed by atoms with Crippen molar-refractivity contribution in [3.8, 4) is 0 Å². The zero-order valence-electron chi connectivity index (χ0n) is 5.77. The molecule has 12 heavy (non-hydrogen) atoms. The third-order valence-corrected chi connectivity index (χ3v) is 2.08. The van der Waals surface area contributed by atoms with Crippen LogP contribution in [0.3, 0.4) is 0 Å². The Bertz CT molecular complexity index is 343. The van der Waals surface area contributed by atoms with Gasteiger partial charge in [-0.25, -0.2) is 9.59 Å². The number of rotatable bonds is 2. The lowest BCUT2D eigenvalue weighted by atomic mass is 10.2. The molecule has 0 aliphatic carbocycles. The normalized spacial score (nSPS) is 9.67. The SMILES string of the molecule is Nc1scc(C(=O)O)c1C(=O)O. The maximum Gasteiger partial charge on any atom is 0.339 e. The number of hydrogen-bond acceptors (Lipinski definition) is 4. The van der Waals surface area contributed by atoms with E-state index in [1.807, 2.05) is 0 Å². The topological polar surface area (TPSA) is 101 Å². The Balaban J connectivity index is 3.31. The van der Waals surface area contributed by atoms with Crippen molar-refractivity contribution >= 4 is 28.3 Å². The van der Waals surface area contributed by atoms with Gasteiger partial charge in [-0.2, -0.15) is 0 Å². The van der Waals surface area contributed by atoms with Gasteiger partial charge >= 0.3 is 11.9 Å². The van der Waals surface area contributed by atoms with Gasteiger partial charge in [0.1, 0.15) is 10.6 Å². The van der Waals surface area contributed by atoms with E-state index in [0.717, 1.165) is 11.3 Å². The van der Waals surface area contributed by atoms with Crippen LogP contribution >= 0.6 is 11.3 Å². The number of thiophene rings is 1. The van der Waals surface area contributed by atoms with E-state index in [1.54, 1.807) is 0 Å². The van der Waals surface area contributed by atoms with E-state index in [9.17, 15) is 9.59 Å². The van der Waals surface area contributed by atoms with Crippen LogP contribution in [-0.2, 0) is 0 Å². The molecule has 0 amide bonds. The van der Waals surface area contributed by atoms with Crippen LogP contribution in [0, 0.1) is 0 Å². The van der Waals surface area contributed by atoms with Gasteiger partial charge in [0.05, 0.1) is 5.56 Å². The number of aromatic carboxylic acids is 2. The second-order valence-electron chi connectivity index (χ2n) is 2.00. The third-order valence-electron chi connectivity index (χ3n) is 1.26. The predicted octanol–water partition coefficient (Wildman–Crippen LogP) is 0.727. The van der Waals surface area contributed by atoms with E-state index in [0.29, 0.717) is 0 Å². The zero-order chi connectivity index (χ0) is 9.30. The Labute approximate surface area is 71.1 Å². The Morgan fingerprint density at radius 1 is 1.33 bits per heavy atom. The van der Waals surface area contributed by atoms with Crippen LogP contribution < -0.4 is 5.73 Å². The number of nitrogen functional groups attached to an aromatic ring is 1. The average Bonchev–Trinajstić information content (AvgIpc) is 2.30. The summed E-state index contributed by atoms with van der Waals surface area (Å²) in [6.45, 7) is 0. The molecule has 0 unspecified atom stereocenters. The molecule has 0 atom stereocenters. The first-order valence-corrected chi connectivity index (χ1v) is 3.75. The largest absolute Gasteiger partial charge is 0.478 e. The molecule has 1 rings (SSSR count). The molecule has 1 aromatic heterocycles. The van der Waals surface area contributed by atoms with Gasteiger partial charge in [0.2, 0.25) is 0 Å². The molecule has 0 spiro atoms. The van der Waals surface area contributed by atoms with Crippen molar-refractivity contribution in [2.24, 2.45) is 0 Å². The van der Waals surface area contributed by atoms with Crippen LogP contribution in [0.15, 0.2) is 5.38 Å². The molecule has 64 valence electrons. The minimum Gasteiger partial charge on any atom is -0.478 e. The predicted molar refractivity (Wildman–Crippen MR) is 42.6 cm³/mol.